The van der Waals surface area contributed by atoms with E-state index in [0.29, 0.717) is 45.1 Å². The Hall–Kier alpha value is -4.79. The molecular formula is C50H86N8O12S. The van der Waals surface area contributed by atoms with Crippen LogP contribution in [0.3, 0.4) is 0 Å². The van der Waals surface area contributed by atoms with Crippen LogP contribution in [0.1, 0.15) is 167 Å². The number of carboxylic acids is 1. The van der Waals surface area contributed by atoms with Crippen LogP contribution in [-0.2, 0) is 47.9 Å². The number of unbranched alkanes of at least 4 members (excludes halogenated alkanes) is 2. The number of hydrogen-bond acceptors (Lipinski definition) is 13. The summed E-state index contributed by atoms with van der Waals surface area (Å²) in [5.74, 6) is -4.32. The lowest BCUT2D eigenvalue weighted by Gasteiger charge is -2.37. The normalized spacial score (nSPS) is 19.7. The molecule has 1 heterocycles. The first-order valence-corrected chi connectivity index (χ1v) is 26.2. The third-order valence-electron chi connectivity index (χ3n) is 12.4. The molecule has 2 aliphatic rings. The van der Waals surface area contributed by atoms with E-state index in [0.717, 1.165) is 24.6 Å². The predicted molar refractivity (Wildman–Crippen MR) is 270 cm³/mol. The molecule has 9 N–H and O–H groups in total. The largest absolute Gasteiger partial charge is 0.481 e. The van der Waals surface area contributed by atoms with Gasteiger partial charge in [0.1, 0.15) is 12.1 Å². The number of rotatable bonds is 28. The Morgan fingerprint density at radius 3 is 1.97 bits per heavy atom. The lowest BCUT2D eigenvalue weighted by atomic mass is 9.76. The standard InChI is InChI=1S/C50H86N8O12S/c1-30(2)39(42(65)54-33(17-16-25-52-46(51)69)40(63)53-32-21-19-31(20-22-32)28-70-45(68)48(6,7)8)55-36(59)18-14-13-15-26-58-37(60)27-35(43(58)66)71-29-34(56-49(9,10)11)41(64)57-50(12,24-23-38(61)62)44(67)47(3,4)5/h30-35,39,56H,13-29H2,1-12H3,(H,53,63)(H,54,65)(H,55,59)(H,57,64)(H,61,62)(H3,51,52,69)/t31?,32?,33-,34-,35?,39-,50?/m0/s1. The lowest BCUT2D eigenvalue weighted by molar-refractivity contribution is -0.154. The maximum Gasteiger partial charge on any atom is 0.312 e. The Bertz CT molecular complexity index is 1890. The van der Waals surface area contributed by atoms with Crippen molar-refractivity contribution in [2.75, 3.05) is 25.4 Å². The molecule has 71 heavy (non-hydrogen) atoms. The summed E-state index contributed by atoms with van der Waals surface area (Å²) in [6.07, 6.45) is 4.28. The van der Waals surface area contributed by atoms with Gasteiger partial charge in [0.05, 0.1) is 28.9 Å². The summed E-state index contributed by atoms with van der Waals surface area (Å²) < 4.78 is 5.51. The zero-order valence-electron chi connectivity index (χ0n) is 44.4. The van der Waals surface area contributed by atoms with E-state index < -0.39 is 69.1 Å². The van der Waals surface area contributed by atoms with Gasteiger partial charge >= 0.3 is 18.0 Å². The zero-order valence-corrected chi connectivity index (χ0v) is 45.2. The number of primary amides is 1. The van der Waals surface area contributed by atoms with Gasteiger partial charge in [0.15, 0.2) is 5.78 Å². The number of ether oxygens (including phenoxy) is 1. The zero-order chi connectivity index (χ0) is 54.1. The molecule has 1 aliphatic heterocycles. The highest BCUT2D eigenvalue weighted by atomic mass is 32.2. The number of ketones is 1. The van der Waals surface area contributed by atoms with Gasteiger partial charge in [0.25, 0.3) is 0 Å². The molecule has 0 aromatic carbocycles. The van der Waals surface area contributed by atoms with Crippen molar-refractivity contribution in [1.29, 1.82) is 0 Å². The molecule has 2 rings (SSSR count). The second-order valence-electron chi connectivity index (χ2n) is 22.8. The van der Waals surface area contributed by atoms with Gasteiger partial charge in [-0.3, -0.25) is 48.1 Å². The molecule has 404 valence electrons. The van der Waals surface area contributed by atoms with Gasteiger partial charge in [-0.1, -0.05) is 41.0 Å². The van der Waals surface area contributed by atoms with Gasteiger partial charge in [0.2, 0.25) is 35.4 Å². The number of nitrogens with two attached hydrogens (primary N) is 1. The fourth-order valence-corrected chi connectivity index (χ4v) is 9.65. The van der Waals surface area contributed by atoms with E-state index >= 15 is 0 Å². The van der Waals surface area contributed by atoms with Gasteiger partial charge in [-0.05, 0) is 118 Å². The fourth-order valence-electron chi connectivity index (χ4n) is 8.46. The molecule has 2 fully saturated rings. The fraction of sp³-hybridized carbons (Fsp3) is 0.800. The highest BCUT2D eigenvalue weighted by Crippen LogP contribution is 2.30. The number of carbonyl (C=O) groups excluding carboxylic acids is 9. The number of carboxylic acid groups (broad SMARTS) is 1. The first kappa shape index (κ1) is 62.3. The maximum atomic E-state index is 13.8. The van der Waals surface area contributed by atoms with Crippen molar-refractivity contribution in [2.24, 2.45) is 28.4 Å². The molecule has 8 amide bonds. The molecule has 1 saturated heterocycles. The lowest BCUT2D eigenvalue weighted by Crippen LogP contribution is -2.62. The third-order valence-corrected chi connectivity index (χ3v) is 13.7. The van der Waals surface area contributed by atoms with E-state index in [1.54, 1.807) is 55.4 Å². The topological polar surface area (TPSA) is 302 Å². The summed E-state index contributed by atoms with van der Waals surface area (Å²) in [4.78, 5) is 130. The van der Waals surface area contributed by atoms with Crippen LogP contribution >= 0.6 is 11.8 Å². The molecule has 21 heteroatoms. The van der Waals surface area contributed by atoms with Gasteiger partial charge in [-0.2, -0.15) is 0 Å². The number of likely N-dealkylation sites (tertiary alicyclic amines) is 1. The minimum Gasteiger partial charge on any atom is -0.481 e. The van der Waals surface area contributed by atoms with E-state index in [4.69, 9.17) is 10.5 Å². The summed E-state index contributed by atoms with van der Waals surface area (Å²) >= 11 is 1.16. The van der Waals surface area contributed by atoms with Crippen LogP contribution in [0.15, 0.2) is 0 Å². The first-order chi connectivity index (χ1) is 32.7. The van der Waals surface area contributed by atoms with Crippen LogP contribution in [0, 0.1) is 22.7 Å². The summed E-state index contributed by atoms with van der Waals surface area (Å²) in [6, 6.07) is -3.66. The van der Waals surface area contributed by atoms with Crippen molar-refractivity contribution >= 4 is 71.0 Å². The maximum absolute atomic E-state index is 13.8. The van der Waals surface area contributed by atoms with Gasteiger partial charge in [-0.15, -0.1) is 11.8 Å². The summed E-state index contributed by atoms with van der Waals surface area (Å²) in [5, 5.41) is 25.9. The molecule has 0 spiro atoms. The Labute approximate surface area is 425 Å². The number of carbonyl (C=O) groups is 10. The summed E-state index contributed by atoms with van der Waals surface area (Å²) in [5.41, 5.74) is 1.72. The number of aliphatic carboxylic acids is 1. The van der Waals surface area contributed by atoms with Crippen molar-refractivity contribution in [3.63, 3.8) is 0 Å². The average Bonchev–Trinajstić information content (AvgIpc) is 3.52. The number of imide groups is 1. The smallest absolute Gasteiger partial charge is 0.312 e. The second-order valence-corrected chi connectivity index (χ2v) is 24.1. The van der Waals surface area contributed by atoms with Crippen molar-refractivity contribution < 1.29 is 57.8 Å². The number of Topliss-reactive ketones (excluding diaryl/α,β-unsaturated/α-hetero) is 1. The third kappa shape index (κ3) is 22.3. The van der Waals surface area contributed by atoms with E-state index in [1.807, 2.05) is 20.8 Å². The Morgan fingerprint density at radius 1 is 0.789 bits per heavy atom. The molecule has 20 nitrogen and oxygen atoms in total. The van der Waals surface area contributed by atoms with Crippen LogP contribution in [-0.4, -0.2) is 135 Å². The molecule has 0 aromatic heterocycles. The Morgan fingerprint density at radius 2 is 1.42 bits per heavy atom. The van der Waals surface area contributed by atoms with Gasteiger partial charge < -0.3 is 47.5 Å². The van der Waals surface area contributed by atoms with Crippen LogP contribution in [0.5, 0.6) is 0 Å². The molecule has 1 aliphatic carbocycles. The number of nitrogens with zero attached hydrogens (tertiary/aromatic N) is 1. The highest BCUT2D eigenvalue weighted by molar-refractivity contribution is 8.00. The minimum atomic E-state index is -1.47. The van der Waals surface area contributed by atoms with Crippen molar-refractivity contribution in [3.8, 4) is 0 Å². The van der Waals surface area contributed by atoms with Crippen LogP contribution in [0.25, 0.3) is 0 Å². The van der Waals surface area contributed by atoms with Gasteiger partial charge in [-0.25, -0.2) is 4.79 Å². The Kier molecular flexibility index (Phi) is 24.5. The number of thioether (sulfide) groups is 1. The molecule has 2 unspecified atom stereocenters. The van der Waals surface area contributed by atoms with Crippen LogP contribution in [0.4, 0.5) is 4.79 Å². The summed E-state index contributed by atoms with van der Waals surface area (Å²) in [6.45, 7) is 21.8. The van der Waals surface area contributed by atoms with Crippen molar-refractivity contribution in [1.82, 2.24) is 36.8 Å². The first-order valence-electron chi connectivity index (χ1n) is 25.2. The van der Waals surface area contributed by atoms with Crippen molar-refractivity contribution in [3.05, 3.63) is 0 Å². The molecule has 1 saturated carbocycles. The quantitative estimate of drug-likeness (QED) is 0.0314. The average molecular weight is 1020 g/mol. The number of hydrogen-bond donors (Lipinski definition) is 8. The molecule has 0 aromatic rings. The Balaban J connectivity index is 1.96. The molecule has 5 atom stereocenters. The summed E-state index contributed by atoms with van der Waals surface area (Å²) in [7, 11) is 0. The monoisotopic (exact) mass is 1020 g/mol. The number of esters is 1. The predicted octanol–water partition coefficient (Wildman–Crippen LogP) is 3.86. The number of nitrogens with one attached hydrogen (secondary N) is 6. The van der Waals surface area contributed by atoms with Crippen LogP contribution in [0.2, 0.25) is 0 Å². The second kappa shape index (κ2) is 27.9. The van der Waals surface area contributed by atoms with E-state index in [1.165, 1.54) is 11.8 Å². The van der Waals surface area contributed by atoms with Crippen molar-refractivity contribution in [2.45, 2.75) is 207 Å². The molecular weight excluding hydrogens is 937 g/mol. The van der Waals surface area contributed by atoms with E-state index in [-0.39, 0.29) is 104 Å². The molecule has 0 radical (unpaired) electrons. The SMILES string of the molecule is CC(C)[C@H](NC(=O)CCCCCN1C(=O)CC(SC[C@H](NC(C)(C)C)C(=O)NC(C)(CCC(=O)O)C(=O)C(C)(C)C)C1=O)C(=O)N[C@@H](CCCNC(N)=O)C(=O)NC1CCC(COC(=O)C(C)(C)C)CC1. The molecule has 0 bridgehead atoms. The van der Waals surface area contributed by atoms with E-state index in [2.05, 4.69) is 31.9 Å². The van der Waals surface area contributed by atoms with E-state index in [9.17, 15) is 53.1 Å². The highest BCUT2D eigenvalue weighted by Gasteiger charge is 2.44. The van der Waals surface area contributed by atoms with Gasteiger partial charge in [0, 0.05) is 55.1 Å². The number of urea groups is 1. The van der Waals surface area contributed by atoms with Crippen LogP contribution < -0.4 is 37.6 Å². The number of amides is 8. The minimum absolute atomic E-state index is 0.0566.